The predicted molar refractivity (Wildman–Crippen MR) is 49.9 cm³/mol. The highest BCUT2D eigenvalue weighted by molar-refractivity contribution is 4.98. The Morgan fingerprint density at radius 1 is 1.71 bits per heavy atom. The Hall–Kier alpha value is -1.23. The molecule has 0 aromatic carbocycles. The van der Waals surface area contributed by atoms with Gasteiger partial charge in [0.15, 0.2) is 0 Å². The lowest BCUT2D eigenvalue weighted by molar-refractivity contribution is 0.120. The second-order valence-electron chi connectivity index (χ2n) is 3.03. The minimum Gasteiger partial charge on any atom is -0.389 e. The first-order valence-corrected chi connectivity index (χ1v) is 4.46. The SMILES string of the molecule is CCc1cc(=O)n(CC(O)CF)cn1. The molecule has 1 unspecified atom stereocenters. The summed E-state index contributed by atoms with van der Waals surface area (Å²) < 4.78 is 13.2. The molecule has 0 aliphatic rings. The van der Waals surface area contributed by atoms with Crippen molar-refractivity contribution in [2.75, 3.05) is 6.67 Å². The first kappa shape index (κ1) is 10.8. The molecular weight excluding hydrogens is 187 g/mol. The Morgan fingerprint density at radius 2 is 2.43 bits per heavy atom. The molecule has 0 saturated carbocycles. The maximum Gasteiger partial charge on any atom is 0.253 e. The van der Waals surface area contributed by atoms with Crippen LogP contribution in [0.1, 0.15) is 12.6 Å². The number of aliphatic hydroxyl groups excluding tert-OH is 1. The van der Waals surface area contributed by atoms with Gasteiger partial charge in [-0.05, 0) is 6.42 Å². The molecule has 4 nitrogen and oxygen atoms in total. The summed E-state index contributed by atoms with van der Waals surface area (Å²) in [5, 5.41) is 9.00. The summed E-state index contributed by atoms with van der Waals surface area (Å²) in [5.74, 6) is 0. The molecule has 0 fully saturated rings. The van der Waals surface area contributed by atoms with Crippen molar-refractivity contribution in [3.05, 3.63) is 28.4 Å². The summed E-state index contributed by atoms with van der Waals surface area (Å²) in [7, 11) is 0. The Labute approximate surface area is 81.0 Å². The molecule has 1 atom stereocenters. The summed E-state index contributed by atoms with van der Waals surface area (Å²) in [6.07, 6.45) is 0.879. The normalized spacial score (nSPS) is 12.8. The molecule has 14 heavy (non-hydrogen) atoms. The van der Waals surface area contributed by atoms with E-state index in [-0.39, 0.29) is 12.1 Å². The molecule has 0 aliphatic carbocycles. The average Bonchev–Trinajstić information content (AvgIpc) is 2.20. The maximum atomic E-state index is 12.0. The highest BCUT2D eigenvalue weighted by Gasteiger charge is 2.05. The van der Waals surface area contributed by atoms with Crippen molar-refractivity contribution in [3.8, 4) is 0 Å². The van der Waals surface area contributed by atoms with E-state index in [0.717, 1.165) is 0 Å². The number of alkyl halides is 1. The fourth-order valence-electron chi connectivity index (χ4n) is 1.07. The molecule has 1 rings (SSSR count). The highest BCUT2D eigenvalue weighted by atomic mass is 19.1. The smallest absolute Gasteiger partial charge is 0.253 e. The number of hydrogen-bond acceptors (Lipinski definition) is 3. The average molecular weight is 200 g/mol. The first-order chi connectivity index (χ1) is 6.67. The van der Waals surface area contributed by atoms with Crippen molar-refractivity contribution in [2.45, 2.75) is 26.0 Å². The molecule has 1 aromatic heterocycles. The molecule has 0 radical (unpaired) electrons. The number of rotatable bonds is 4. The van der Waals surface area contributed by atoms with Crippen LogP contribution in [0.3, 0.4) is 0 Å². The van der Waals surface area contributed by atoms with Gasteiger partial charge in [0.05, 0.1) is 12.9 Å². The van der Waals surface area contributed by atoms with Crippen LogP contribution in [0.15, 0.2) is 17.2 Å². The van der Waals surface area contributed by atoms with Crippen molar-refractivity contribution >= 4 is 0 Å². The number of hydrogen-bond donors (Lipinski definition) is 1. The third kappa shape index (κ3) is 2.63. The maximum absolute atomic E-state index is 12.0. The van der Waals surface area contributed by atoms with Gasteiger partial charge in [0.2, 0.25) is 0 Å². The number of nitrogens with zero attached hydrogens (tertiary/aromatic N) is 2. The molecule has 0 spiro atoms. The van der Waals surface area contributed by atoms with Crippen molar-refractivity contribution in [2.24, 2.45) is 0 Å². The quantitative estimate of drug-likeness (QED) is 0.752. The predicted octanol–water partition coefficient (Wildman–Crippen LogP) is 0.136. The minimum absolute atomic E-state index is 0.0493. The molecule has 0 saturated heterocycles. The van der Waals surface area contributed by atoms with Gasteiger partial charge in [-0.3, -0.25) is 9.36 Å². The van der Waals surface area contributed by atoms with E-state index in [2.05, 4.69) is 4.98 Å². The van der Waals surface area contributed by atoms with Crippen molar-refractivity contribution in [3.63, 3.8) is 0 Å². The van der Waals surface area contributed by atoms with Gasteiger partial charge in [0.1, 0.15) is 12.8 Å². The van der Waals surface area contributed by atoms with Crippen molar-refractivity contribution in [1.82, 2.24) is 9.55 Å². The van der Waals surface area contributed by atoms with Gasteiger partial charge >= 0.3 is 0 Å². The molecule has 5 heteroatoms. The standard InChI is InChI=1S/C9H13FN2O2/c1-2-7-3-9(14)12(6-11-7)5-8(13)4-10/h3,6,8,13H,2,4-5H2,1H3. The lowest BCUT2D eigenvalue weighted by Gasteiger charge is -2.08. The Morgan fingerprint density at radius 3 is 2.93 bits per heavy atom. The molecule has 0 amide bonds. The number of halogens is 1. The third-order valence-corrected chi connectivity index (χ3v) is 1.88. The summed E-state index contributed by atoms with van der Waals surface area (Å²) >= 11 is 0. The second kappa shape index (κ2) is 4.85. The molecular formula is C9H13FN2O2. The van der Waals surface area contributed by atoms with E-state index in [1.807, 2.05) is 6.92 Å². The van der Waals surface area contributed by atoms with E-state index >= 15 is 0 Å². The lowest BCUT2D eigenvalue weighted by atomic mass is 10.3. The van der Waals surface area contributed by atoms with Gasteiger partial charge in [0, 0.05) is 11.8 Å². The van der Waals surface area contributed by atoms with Gasteiger partial charge < -0.3 is 5.11 Å². The van der Waals surface area contributed by atoms with Gasteiger partial charge in [-0.2, -0.15) is 0 Å². The van der Waals surface area contributed by atoms with Crippen LogP contribution in [0.4, 0.5) is 4.39 Å². The molecule has 1 N–H and O–H groups in total. The van der Waals surface area contributed by atoms with Gasteiger partial charge in [-0.25, -0.2) is 9.37 Å². The first-order valence-electron chi connectivity index (χ1n) is 4.46. The van der Waals surface area contributed by atoms with Gasteiger partial charge in [-0.1, -0.05) is 6.92 Å². The van der Waals surface area contributed by atoms with E-state index in [4.69, 9.17) is 5.11 Å². The van der Waals surface area contributed by atoms with Gasteiger partial charge in [0.25, 0.3) is 5.56 Å². The van der Waals surface area contributed by atoms with E-state index in [1.165, 1.54) is 17.0 Å². The van der Waals surface area contributed by atoms with Gasteiger partial charge in [-0.15, -0.1) is 0 Å². The summed E-state index contributed by atoms with van der Waals surface area (Å²) in [6, 6.07) is 1.39. The van der Waals surface area contributed by atoms with Crippen LogP contribution < -0.4 is 5.56 Å². The Bertz CT molecular complexity index is 351. The monoisotopic (exact) mass is 200 g/mol. The Balaban J connectivity index is 2.84. The molecule has 0 aliphatic heterocycles. The molecule has 1 heterocycles. The van der Waals surface area contributed by atoms with Crippen LogP contribution in [-0.4, -0.2) is 27.4 Å². The fourth-order valence-corrected chi connectivity index (χ4v) is 1.07. The van der Waals surface area contributed by atoms with Crippen LogP contribution in [0.5, 0.6) is 0 Å². The lowest BCUT2D eigenvalue weighted by Crippen LogP contribution is -2.27. The van der Waals surface area contributed by atoms with Crippen LogP contribution in [0, 0.1) is 0 Å². The Kier molecular flexibility index (Phi) is 3.76. The third-order valence-electron chi connectivity index (χ3n) is 1.88. The number of aliphatic hydroxyl groups is 1. The van der Waals surface area contributed by atoms with Crippen LogP contribution in [-0.2, 0) is 13.0 Å². The van der Waals surface area contributed by atoms with E-state index in [9.17, 15) is 9.18 Å². The van der Waals surface area contributed by atoms with Crippen LogP contribution >= 0.6 is 0 Å². The van der Waals surface area contributed by atoms with E-state index in [1.54, 1.807) is 0 Å². The zero-order valence-corrected chi connectivity index (χ0v) is 7.98. The van der Waals surface area contributed by atoms with Crippen molar-refractivity contribution < 1.29 is 9.50 Å². The van der Waals surface area contributed by atoms with E-state index < -0.39 is 12.8 Å². The summed E-state index contributed by atoms with van der Waals surface area (Å²) in [5.41, 5.74) is 0.435. The summed E-state index contributed by atoms with van der Waals surface area (Å²) in [6.45, 7) is 0.983. The van der Waals surface area contributed by atoms with Crippen molar-refractivity contribution in [1.29, 1.82) is 0 Å². The zero-order valence-electron chi connectivity index (χ0n) is 7.98. The second-order valence-corrected chi connectivity index (χ2v) is 3.03. The van der Waals surface area contributed by atoms with Crippen LogP contribution in [0.25, 0.3) is 0 Å². The number of aromatic nitrogens is 2. The summed E-state index contributed by atoms with van der Waals surface area (Å²) in [4.78, 5) is 15.3. The molecule has 1 aromatic rings. The highest BCUT2D eigenvalue weighted by Crippen LogP contribution is 1.92. The van der Waals surface area contributed by atoms with E-state index in [0.29, 0.717) is 12.1 Å². The number of aryl methyl sites for hydroxylation is 1. The minimum atomic E-state index is -1.14. The van der Waals surface area contributed by atoms with Crippen LogP contribution in [0.2, 0.25) is 0 Å². The largest absolute Gasteiger partial charge is 0.389 e. The fraction of sp³-hybridized carbons (Fsp3) is 0.556. The topological polar surface area (TPSA) is 55.1 Å². The molecule has 0 bridgehead atoms. The zero-order chi connectivity index (χ0) is 10.6. The molecule has 78 valence electrons.